The fourth-order valence-corrected chi connectivity index (χ4v) is 3.55. The number of H-pyrrole nitrogens is 1. The number of nitrogens with one attached hydrogen (secondary N) is 2. The van der Waals surface area contributed by atoms with Gasteiger partial charge in [0.05, 0.1) is 24.2 Å². The molecule has 1 heterocycles. The molecular weight excluding hydrogens is 314 g/mol. The van der Waals surface area contributed by atoms with Gasteiger partial charge in [0.15, 0.2) is 0 Å². The van der Waals surface area contributed by atoms with E-state index >= 15 is 0 Å². The van der Waals surface area contributed by atoms with E-state index in [2.05, 4.69) is 27.6 Å². The highest BCUT2D eigenvalue weighted by atomic mass is 16.5. The van der Waals surface area contributed by atoms with Crippen molar-refractivity contribution in [1.29, 1.82) is 0 Å². The summed E-state index contributed by atoms with van der Waals surface area (Å²) >= 11 is 0. The zero-order valence-electron chi connectivity index (χ0n) is 15.1. The van der Waals surface area contributed by atoms with Crippen LogP contribution in [0, 0.1) is 12.8 Å². The number of methoxy groups -OCH3 is 1. The quantitative estimate of drug-likeness (QED) is 0.799. The van der Waals surface area contributed by atoms with Crippen molar-refractivity contribution in [3.63, 3.8) is 0 Å². The molecule has 25 heavy (non-hydrogen) atoms. The summed E-state index contributed by atoms with van der Waals surface area (Å²) in [7, 11) is 1.67. The molecule has 134 valence electrons. The lowest BCUT2D eigenvalue weighted by Gasteiger charge is -2.10. The Morgan fingerprint density at radius 2 is 1.96 bits per heavy atom. The molecule has 0 unspecified atom stereocenters. The predicted octanol–water partition coefficient (Wildman–Crippen LogP) is 4.03. The van der Waals surface area contributed by atoms with Crippen molar-refractivity contribution in [3.8, 4) is 5.75 Å². The molecule has 0 atom stereocenters. The van der Waals surface area contributed by atoms with Gasteiger partial charge in [-0.05, 0) is 56.2 Å². The molecule has 5 heteroatoms. The fourth-order valence-electron chi connectivity index (χ4n) is 3.55. The predicted molar refractivity (Wildman–Crippen MR) is 98.9 cm³/mol. The number of aryl methyl sites for hydroxylation is 3. The van der Waals surface area contributed by atoms with E-state index in [9.17, 15) is 4.79 Å². The summed E-state index contributed by atoms with van der Waals surface area (Å²) < 4.78 is 5.19. The molecule has 2 aromatic rings. The van der Waals surface area contributed by atoms with Gasteiger partial charge in [0.1, 0.15) is 5.75 Å². The molecule has 1 aliphatic carbocycles. The summed E-state index contributed by atoms with van der Waals surface area (Å²) in [6.07, 6.45) is 7.17. The minimum atomic E-state index is 0.113. The molecule has 0 aliphatic heterocycles. The molecule has 0 saturated heterocycles. The highest BCUT2D eigenvalue weighted by Crippen LogP contribution is 2.28. The van der Waals surface area contributed by atoms with Gasteiger partial charge in [-0.25, -0.2) is 0 Å². The monoisotopic (exact) mass is 341 g/mol. The number of hydrogen-bond acceptors (Lipinski definition) is 3. The van der Waals surface area contributed by atoms with Gasteiger partial charge in [-0.2, -0.15) is 5.10 Å². The Bertz CT molecular complexity index is 700. The van der Waals surface area contributed by atoms with E-state index in [1.807, 2.05) is 19.1 Å². The third-order valence-electron chi connectivity index (χ3n) is 5.04. The number of hydrogen-bond donors (Lipinski definition) is 2. The molecule has 5 nitrogen and oxygen atoms in total. The van der Waals surface area contributed by atoms with E-state index in [1.165, 1.54) is 31.2 Å². The Labute approximate surface area is 149 Å². The topological polar surface area (TPSA) is 67.0 Å². The van der Waals surface area contributed by atoms with Crippen LogP contribution in [0.15, 0.2) is 24.3 Å². The molecule has 3 rings (SSSR count). The van der Waals surface area contributed by atoms with Crippen molar-refractivity contribution in [2.75, 3.05) is 12.4 Å². The van der Waals surface area contributed by atoms with Crippen molar-refractivity contribution in [3.05, 3.63) is 41.2 Å². The highest BCUT2D eigenvalue weighted by Gasteiger charge is 2.20. The number of aromatic amines is 1. The van der Waals surface area contributed by atoms with E-state index in [1.54, 1.807) is 7.11 Å². The van der Waals surface area contributed by atoms with E-state index in [4.69, 9.17) is 4.74 Å². The van der Waals surface area contributed by atoms with Crippen molar-refractivity contribution < 1.29 is 9.53 Å². The second-order valence-corrected chi connectivity index (χ2v) is 6.92. The number of anilines is 1. The molecule has 0 radical (unpaired) electrons. The van der Waals surface area contributed by atoms with E-state index in [-0.39, 0.29) is 5.91 Å². The molecular formula is C20H27N3O2. The summed E-state index contributed by atoms with van der Waals surface area (Å²) in [6.45, 7) is 1.95. The van der Waals surface area contributed by atoms with Gasteiger partial charge < -0.3 is 10.1 Å². The van der Waals surface area contributed by atoms with E-state index < -0.39 is 0 Å². The molecule has 0 spiro atoms. The summed E-state index contributed by atoms with van der Waals surface area (Å²) in [6, 6.07) is 8.07. The zero-order valence-corrected chi connectivity index (χ0v) is 15.1. The summed E-state index contributed by atoms with van der Waals surface area (Å²) in [5, 5.41) is 10.5. The molecule has 0 bridgehead atoms. The number of aromatic nitrogens is 2. The van der Waals surface area contributed by atoms with Gasteiger partial charge in [0.25, 0.3) is 0 Å². The van der Waals surface area contributed by atoms with Crippen LogP contribution in [0.5, 0.6) is 5.75 Å². The lowest BCUT2D eigenvalue weighted by Crippen LogP contribution is -2.16. The number of amides is 1. The van der Waals surface area contributed by atoms with Gasteiger partial charge in [-0.3, -0.25) is 9.89 Å². The molecule has 1 amide bonds. The SMILES string of the molecule is COc1ccc(CCc2n[nH]c(C)c2NC(=O)CC2CCCC2)cc1. The first-order valence-electron chi connectivity index (χ1n) is 9.12. The van der Waals surface area contributed by atoms with Crippen LogP contribution < -0.4 is 10.1 Å². The van der Waals surface area contributed by atoms with Gasteiger partial charge in [-0.1, -0.05) is 25.0 Å². The van der Waals surface area contributed by atoms with Crippen LogP contribution >= 0.6 is 0 Å². The maximum absolute atomic E-state index is 12.3. The Morgan fingerprint density at radius 1 is 1.24 bits per heavy atom. The average Bonchev–Trinajstić information content (AvgIpc) is 3.24. The van der Waals surface area contributed by atoms with Gasteiger partial charge in [0, 0.05) is 6.42 Å². The van der Waals surface area contributed by atoms with Crippen LogP contribution in [0.1, 0.15) is 49.1 Å². The number of ether oxygens (including phenoxy) is 1. The van der Waals surface area contributed by atoms with Crippen LogP contribution in [-0.4, -0.2) is 23.2 Å². The molecule has 1 saturated carbocycles. The normalized spacial score (nSPS) is 14.6. The summed E-state index contributed by atoms with van der Waals surface area (Å²) in [5.74, 6) is 1.52. The smallest absolute Gasteiger partial charge is 0.224 e. The van der Waals surface area contributed by atoms with Crippen LogP contribution in [0.3, 0.4) is 0 Å². The summed E-state index contributed by atoms with van der Waals surface area (Å²) in [5.41, 5.74) is 3.93. The van der Waals surface area contributed by atoms with Crippen LogP contribution in [0.4, 0.5) is 5.69 Å². The second kappa shape index (κ2) is 8.19. The molecule has 1 aliphatic rings. The van der Waals surface area contributed by atoms with Crippen LogP contribution in [-0.2, 0) is 17.6 Å². The molecule has 1 fully saturated rings. The average molecular weight is 341 g/mol. The Balaban J connectivity index is 1.59. The first kappa shape index (κ1) is 17.5. The fraction of sp³-hybridized carbons (Fsp3) is 0.500. The Morgan fingerprint density at radius 3 is 2.64 bits per heavy atom. The second-order valence-electron chi connectivity index (χ2n) is 6.92. The molecule has 1 aromatic heterocycles. The highest BCUT2D eigenvalue weighted by molar-refractivity contribution is 5.92. The number of benzene rings is 1. The zero-order chi connectivity index (χ0) is 17.6. The number of rotatable bonds is 7. The third kappa shape index (κ3) is 4.62. The van der Waals surface area contributed by atoms with Gasteiger partial charge in [0.2, 0.25) is 5.91 Å². The van der Waals surface area contributed by atoms with Crippen LogP contribution in [0.25, 0.3) is 0 Å². The standard InChI is InChI=1S/C20H27N3O2/c1-14-20(21-19(24)13-16-5-3-4-6-16)18(23-22-14)12-9-15-7-10-17(25-2)11-8-15/h7-8,10-11,16H,3-6,9,12-13H2,1-2H3,(H,21,24)(H,22,23). The van der Waals surface area contributed by atoms with E-state index in [0.717, 1.165) is 35.7 Å². The molecule has 1 aromatic carbocycles. The van der Waals surface area contributed by atoms with E-state index in [0.29, 0.717) is 12.3 Å². The largest absolute Gasteiger partial charge is 0.497 e. The van der Waals surface area contributed by atoms with Crippen LogP contribution in [0.2, 0.25) is 0 Å². The number of nitrogens with zero attached hydrogens (tertiary/aromatic N) is 1. The number of carbonyl (C=O) groups is 1. The maximum Gasteiger partial charge on any atom is 0.224 e. The van der Waals surface area contributed by atoms with Gasteiger partial charge >= 0.3 is 0 Å². The minimum Gasteiger partial charge on any atom is -0.497 e. The third-order valence-corrected chi connectivity index (χ3v) is 5.04. The van der Waals surface area contributed by atoms with Crippen molar-refractivity contribution in [2.45, 2.75) is 51.9 Å². The van der Waals surface area contributed by atoms with Crippen molar-refractivity contribution >= 4 is 11.6 Å². The lowest BCUT2D eigenvalue weighted by atomic mass is 10.0. The summed E-state index contributed by atoms with van der Waals surface area (Å²) in [4.78, 5) is 12.3. The minimum absolute atomic E-state index is 0.113. The number of carbonyl (C=O) groups excluding carboxylic acids is 1. The van der Waals surface area contributed by atoms with Gasteiger partial charge in [-0.15, -0.1) is 0 Å². The first-order valence-corrected chi connectivity index (χ1v) is 9.12. The first-order chi connectivity index (χ1) is 12.2. The lowest BCUT2D eigenvalue weighted by molar-refractivity contribution is -0.117. The maximum atomic E-state index is 12.3. The van der Waals surface area contributed by atoms with Crippen molar-refractivity contribution in [1.82, 2.24) is 10.2 Å². The van der Waals surface area contributed by atoms with Crippen molar-refractivity contribution in [2.24, 2.45) is 5.92 Å². The Hall–Kier alpha value is -2.30. The molecule has 2 N–H and O–H groups in total. The Kier molecular flexibility index (Phi) is 5.74.